The van der Waals surface area contributed by atoms with Gasteiger partial charge in [0.05, 0.1) is 6.54 Å². The largest absolute Gasteiger partial charge is 0.309 e. The first-order chi connectivity index (χ1) is 5.55. The van der Waals surface area contributed by atoms with Crippen LogP contribution in [0.2, 0.25) is 0 Å². The predicted octanol–water partition coefficient (Wildman–Crippen LogP) is 0.692. The molecule has 1 unspecified atom stereocenters. The van der Waals surface area contributed by atoms with Crippen molar-refractivity contribution in [2.45, 2.75) is 32.4 Å². The molecule has 1 aliphatic heterocycles. The summed E-state index contributed by atoms with van der Waals surface area (Å²) in [6.45, 7) is 9.48. The van der Waals surface area contributed by atoms with E-state index in [1.165, 1.54) is 0 Å². The van der Waals surface area contributed by atoms with Gasteiger partial charge in [-0.2, -0.15) is 0 Å². The molecular formula is C10H18N2. The zero-order valence-electron chi connectivity index (χ0n) is 8.22. The second-order valence-electron chi connectivity index (χ2n) is 4.22. The van der Waals surface area contributed by atoms with Crippen LogP contribution in [-0.4, -0.2) is 36.1 Å². The van der Waals surface area contributed by atoms with E-state index in [0.717, 1.165) is 19.6 Å². The first kappa shape index (κ1) is 9.57. The van der Waals surface area contributed by atoms with Crippen LogP contribution in [0.25, 0.3) is 0 Å². The van der Waals surface area contributed by atoms with E-state index in [0.29, 0.717) is 6.04 Å². The maximum absolute atomic E-state index is 5.30. The van der Waals surface area contributed by atoms with Crippen LogP contribution in [0.5, 0.6) is 0 Å². The Hall–Kier alpha value is -0.520. The molecule has 2 heteroatoms. The Morgan fingerprint density at radius 1 is 1.67 bits per heavy atom. The van der Waals surface area contributed by atoms with Crippen LogP contribution < -0.4 is 5.32 Å². The van der Waals surface area contributed by atoms with E-state index in [9.17, 15) is 0 Å². The number of nitrogens with one attached hydrogen (secondary N) is 1. The van der Waals surface area contributed by atoms with Gasteiger partial charge in [-0.25, -0.2) is 0 Å². The molecule has 1 aliphatic rings. The zero-order valence-corrected chi connectivity index (χ0v) is 8.22. The molecule has 12 heavy (non-hydrogen) atoms. The van der Waals surface area contributed by atoms with Gasteiger partial charge in [0.25, 0.3) is 0 Å². The minimum Gasteiger partial charge on any atom is -0.309 e. The zero-order chi connectivity index (χ0) is 9.19. The molecule has 0 amide bonds. The molecule has 0 spiro atoms. The second kappa shape index (κ2) is 3.47. The highest BCUT2D eigenvalue weighted by atomic mass is 15.2. The van der Waals surface area contributed by atoms with E-state index >= 15 is 0 Å². The van der Waals surface area contributed by atoms with Crippen molar-refractivity contribution in [1.29, 1.82) is 0 Å². The van der Waals surface area contributed by atoms with E-state index in [1.54, 1.807) is 0 Å². The molecule has 0 radical (unpaired) electrons. The summed E-state index contributed by atoms with van der Waals surface area (Å²) in [5, 5.41) is 3.49. The first-order valence-electron chi connectivity index (χ1n) is 4.48. The number of hydrogen-bond acceptors (Lipinski definition) is 2. The van der Waals surface area contributed by atoms with Crippen molar-refractivity contribution in [3.8, 4) is 12.3 Å². The molecule has 0 aromatic rings. The molecule has 0 aromatic heterocycles. The second-order valence-corrected chi connectivity index (χ2v) is 4.22. The van der Waals surface area contributed by atoms with E-state index < -0.39 is 0 Å². The van der Waals surface area contributed by atoms with E-state index in [4.69, 9.17) is 6.42 Å². The SMILES string of the molecule is C#CCN1CC(C)(C)NCC1C. The van der Waals surface area contributed by atoms with Crippen molar-refractivity contribution in [3.05, 3.63) is 0 Å². The smallest absolute Gasteiger partial charge is 0.0602 e. The van der Waals surface area contributed by atoms with Crippen molar-refractivity contribution in [3.63, 3.8) is 0 Å². The lowest BCUT2D eigenvalue weighted by Gasteiger charge is -2.42. The molecule has 68 valence electrons. The Kier molecular flexibility index (Phi) is 2.76. The van der Waals surface area contributed by atoms with Crippen molar-refractivity contribution < 1.29 is 0 Å². The third-order valence-electron chi connectivity index (χ3n) is 2.39. The van der Waals surface area contributed by atoms with Gasteiger partial charge in [0, 0.05) is 24.7 Å². The lowest BCUT2D eigenvalue weighted by Crippen LogP contribution is -2.60. The summed E-state index contributed by atoms with van der Waals surface area (Å²) in [4.78, 5) is 2.34. The number of nitrogens with zero attached hydrogens (tertiary/aromatic N) is 1. The molecule has 0 saturated carbocycles. The highest BCUT2D eigenvalue weighted by molar-refractivity contribution is 4.96. The number of rotatable bonds is 1. The fourth-order valence-electron chi connectivity index (χ4n) is 1.60. The summed E-state index contributed by atoms with van der Waals surface area (Å²) in [5.74, 6) is 2.70. The topological polar surface area (TPSA) is 15.3 Å². The molecule has 1 N–H and O–H groups in total. The first-order valence-corrected chi connectivity index (χ1v) is 4.48. The van der Waals surface area contributed by atoms with Crippen LogP contribution >= 0.6 is 0 Å². The lowest BCUT2D eigenvalue weighted by molar-refractivity contribution is 0.119. The van der Waals surface area contributed by atoms with Gasteiger partial charge in [-0.3, -0.25) is 4.90 Å². The summed E-state index contributed by atoms with van der Waals surface area (Å²) in [7, 11) is 0. The minimum atomic E-state index is 0.212. The Morgan fingerprint density at radius 3 is 2.92 bits per heavy atom. The van der Waals surface area contributed by atoms with Gasteiger partial charge in [0.15, 0.2) is 0 Å². The molecule has 1 heterocycles. The average molecular weight is 166 g/mol. The van der Waals surface area contributed by atoms with Crippen LogP contribution in [0.3, 0.4) is 0 Å². The van der Waals surface area contributed by atoms with Crippen LogP contribution in [0, 0.1) is 12.3 Å². The van der Waals surface area contributed by atoms with Crippen LogP contribution in [0.4, 0.5) is 0 Å². The van der Waals surface area contributed by atoms with Crippen molar-refractivity contribution in [1.82, 2.24) is 10.2 Å². The fourth-order valence-corrected chi connectivity index (χ4v) is 1.60. The summed E-state index contributed by atoms with van der Waals surface area (Å²) in [5.41, 5.74) is 0.212. The molecule has 1 fully saturated rings. The van der Waals surface area contributed by atoms with Gasteiger partial charge in [-0.1, -0.05) is 5.92 Å². The van der Waals surface area contributed by atoms with E-state index in [2.05, 4.69) is 36.9 Å². The highest BCUT2D eigenvalue weighted by Gasteiger charge is 2.29. The number of terminal acetylenes is 1. The molecule has 1 atom stereocenters. The summed E-state index contributed by atoms with van der Waals surface area (Å²) >= 11 is 0. The molecule has 1 rings (SSSR count). The Morgan fingerprint density at radius 2 is 2.33 bits per heavy atom. The summed E-state index contributed by atoms with van der Waals surface area (Å²) < 4.78 is 0. The van der Waals surface area contributed by atoms with Gasteiger partial charge in [0.1, 0.15) is 0 Å². The van der Waals surface area contributed by atoms with Gasteiger partial charge < -0.3 is 5.32 Å². The van der Waals surface area contributed by atoms with Gasteiger partial charge in [0.2, 0.25) is 0 Å². The Labute approximate surface area is 75.3 Å². The average Bonchev–Trinajstić information content (AvgIpc) is 1.97. The fraction of sp³-hybridized carbons (Fsp3) is 0.800. The van der Waals surface area contributed by atoms with Crippen LogP contribution in [0.15, 0.2) is 0 Å². The van der Waals surface area contributed by atoms with Crippen molar-refractivity contribution >= 4 is 0 Å². The van der Waals surface area contributed by atoms with Crippen molar-refractivity contribution in [2.75, 3.05) is 19.6 Å². The normalized spacial score (nSPS) is 29.7. The molecule has 0 bridgehead atoms. The number of piperazine rings is 1. The minimum absolute atomic E-state index is 0.212. The molecule has 1 saturated heterocycles. The Balaban J connectivity index is 2.54. The standard InChI is InChI=1S/C10H18N2/c1-5-6-12-8-10(3,4)11-7-9(12)2/h1,9,11H,6-8H2,2-4H3. The number of hydrogen-bond donors (Lipinski definition) is 1. The van der Waals surface area contributed by atoms with E-state index in [1.807, 2.05) is 0 Å². The van der Waals surface area contributed by atoms with Gasteiger partial charge in [-0.05, 0) is 20.8 Å². The highest BCUT2D eigenvalue weighted by Crippen LogP contribution is 2.13. The summed E-state index contributed by atoms with van der Waals surface area (Å²) in [6, 6.07) is 0.564. The van der Waals surface area contributed by atoms with Crippen LogP contribution in [0.1, 0.15) is 20.8 Å². The summed E-state index contributed by atoms with van der Waals surface area (Å²) in [6.07, 6.45) is 5.30. The van der Waals surface area contributed by atoms with Crippen molar-refractivity contribution in [2.24, 2.45) is 0 Å². The van der Waals surface area contributed by atoms with E-state index in [-0.39, 0.29) is 5.54 Å². The Bertz CT molecular complexity index is 191. The third-order valence-corrected chi connectivity index (χ3v) is 2.39. The molecule has 0 aliphatic carbocycles. The quantitative estimate of drug-likeness (QED) is 0.577. The van der Waals surface area contributed by atoms with Gasteiger partial charge >= 0.3 is 0 Å². The maximum Gasteiger partial charge on any atom is 0.0602 e. The monoisotopic (exact) mass is 166 g/mol. The molecule has 2 nitrogen and oxygen atoms in total. The third kappa shape index (κ3) is 2.23. The molecular weight excluding hydrogens is 148 g/mol. The van der Waals surface area contributed by atoms with Crippen LogP contribution in [-0.2, 0) is 0 Å². The lowest BCUT2D eigenvalue weighted by atomic mass is 9.99. The predicted molar refractivity (Wildman–Crippen MR) is 51.9 cm³/mol. The van der Waals surface area contributed by atoms with Gasteiger partial charge in [-0.15, -0.1) is 6.42 Å². The maximum atomic E-state index is 5.30. The molecule has 0 aromatic carbocycles.